The summed E-state index contributed by atoms with van der Waals surface area (Å²) in [7, 11) is 0. The first-order valence-corrected chi connectivity index (χ1v) is 5.07. The lowest BCUT2D eigenvalue weighted by atomic mass is 10.1. The van der Waals surface area contributed by atoms with Gasteiger partial charge < -0.3 is 5.32 Å². The molecule has 0 aromatic carbocycles. The van der Waals surface area contributed by atoms with Gasteiger partial charge in [0.2, 0.25) is 0 Å². The van der Waals surface area contributed by atoms with Crippen LogP contribution in [0.15, 0.2) is 12.2 Å². The Morgan fingerprint density at radius 2 is 1.93 bits per heavy atom. The third kappa shape index (κ3) is 3.83. The Bertz CT molecular complexity index is 219. The van der Waals surface area contributed by atoms with Crippen LogP contribution in [0.4, 0.5) is 13.2 Å². The van der Waals surface area contributed by atoms with E-state index in [0.717, 1.165) is 0 Å². The smallest absolute Gasteiger partial charge is 0.314 e. The van der Waals surface area contributed by atoms with Gasteiger partial charge in [0.1, 0.15) is 6.04 Å². The summed E-state index contributed by atoms with van der Waals surface area (Å²) in [5.74, 6) is 0. The molecule has 0 saturated carbocycles. The van der Waals surface area contributed by atoms with Gasteiger partial charge in [0.05, 0.1) is 0 Å². The number of hydrogen-bond acceptors (Lipinski definition) is 2. The number of hydrogen-bond donors (Lipinski definition) is 1. The zero-order valence-corrected chi connectivity index (χ0v) is 8.90. The summed E-state index contributed by atoms with van der Waals surface area (Å²) >= 11 is 0. The molecule has 0 radical (unpaired) electrons. The molecule has 0 aliphatic carbocycles. The second-order valence-electron chi connectivity index (χ2n) is 4.00. The molecule has 0 bridgehead atoms. The summed E-state index contributed by atoms with van der Waals surface area (Å²) in [6.45, 7) is 7.37. The van der Waals surface area contributed by atoms with Gasteiger partial charge in [0.25, 0.3) is 0 Å². The van der Waals surface area contributed by atoms with E-state index in [2.05, 4.69) is 11.9 Å². The average molecular weight is 222 g/mol. The van der Waals surface area contributed by atoms with Crippen LogP contribution in [0.5, 0.6) is 0 Å². The van der Waals surface area contributed by atoms with Gasteiger partial charge in [-0.15, -0.1) is 6.58 Å². The molecule has 1 fully saturated rings. The number of halogens is 3. The van der Waals surface area contributed by atoms with Crippen LogP contribution in [-0.2, 0) is 0 Å². The lowest BCUT2D eigenvalue weighted by molar-refractivity contribution is -0.184. The summed E-state index contributed by atoms with van der Waals surface area (Å²) in [5, 5.41) is 3.04. The van der Waals surface area contributed by atoms with E-state index in [-0.39, 0.29) is 6.42 Å². The van der Waals surface area contributed by atoms with Gasteiger partial charge in [-0.2, -0.15) is 13.2 Å². The highest BCUT2D eigenvalue weighted by Crippen LogP contribution is 2.29. The highest BCUT2D eigenvalue weighted by atomic mass is 19.4. The third-order valence-electron chi connectivity index (χ3n) is 2.51. The lowest BCUT2D eigenvalue weighted by Crippen LogP contribution is -2.53. The highest BCUT2D eigenvalue weighted by molar-refractivity contribution is 4.97. The normalized spacial score (nSPS) is 21.3. The SMILES string of the molecule is C=C(C)C[C@@H](N1CCNCC1)C(F)(F)F. The highest BCUT2D eigenvalue weighted by Gasteiger charge is 2.43. The minimum Gasteiger partial charge on any atom is -0.314 e. The van der Waals surface area contributed by atoms with Crippen LogP contribution in [0, 0.1) is 0 Å². The predicted molar refractivity (Wildman–Crippen MR) is 53.7 cm³/mol. The second-order valence-corrected chi connectivity index (χ2v) is 4.00. The fourth-order valence-corrected chi connectivity index (χ4v) is 1.78. The van der Waals surface area contributed by atoms with Crippen LogP contribution in [0.1, 0.15) is 13.3 Å². The Labute approximate surface area is 88.1 Å². The molecular weight excluding hydrogens is 205 g/mol. The number of piperazine rings is 1. The summed E-state index contributed by atoms with van der Waals surface area (Å²) in [5.41, 5.74) is 0.579. The first-order chi connectivity index (χ1) is 6.91. The van der Waals surface area contributed by atoms with Crippen LogP contribution in [0.3, 0.4) is 0 Å². The van der Waals surface area contributed by atoms with Crippen molar-refractivity contribution in [2.45, 2.75) is 25.6 Å². The summed E-state index contributed by atoms with van der Waals surface area (Å²) in [6.07, 6.45) is -4.15. The van der Waals surface area contributed by atoms with Gasteiger partial charge in [-0.1, -0.05) is 5.57 Å². The largest absolute Gasteiger partial charge is 0.404 e. The zero-order chi connectivity index (χ0) is 11.5. The molecule has 0 unspecified atom stereocenters. The molecule has 0 aromatic rings. The monoisotopic (exact) mass is 222 g/mol. The lowest BCUT2D eigenvalue weighted by Gasteiger charge is -2.36. The molecule has 88 valence electrons. The average Bonchev–Trinajstić information content (AvgIpc) is 2.14. The van der Waals surface area contributed by atoms with Crippen molar-refractivity contribution in [3.8, 4) is 0 Å². The van der Waals surface area contributed by atoms with Gasteiger partial charge in [-0.25, -0.2) is 0 Å². The van der Waals surface area contributed by atoms with E-state index >= 15 is 0 Å². The number of rotatable bonds is 3. The molecule has 1 rings (SSSR count). The second kappa shape index (κ2) is 4.99. The van der Waals surface area contributed by atoms with E-state index in [9.17, 15) is 13.2 Å². The van der Waals surface area contributed by atoms with Crippen molar-refractivity contribution >= 4 is 0 Å². The van der Waals surface area contributed by atoms with Gasteiger partial charge in [-0.3, -0.25) is 4.90 Å². The molecule has 15 heavy (non-hydrogen) atoms. The van der Waals surface area contributed by atoms with Gasteiger partial charge in [0, 0.05) is 26.2 Å². The fraction of sp³-hybridized carbons (Fsp3) is 0.800. The molecule has 1 N–H and O–H groups in total. The molecular formula is C10H17F3N2. The predicted octanol–water partition coefficient (Wildman–Crippen LogP) is 1.79. The van der Waals surface area contributed by atoms with Crippen molar-refractivity contribution in [3.05, 3.63) is 12.2 Å². The van der Waals surface area contributed by atoms with Crippen LogP contribution in [0.25, 0.3) is 0 Å². The first kappa shape index (κ1) is 12.5. The molecule has 5 heteroatoms. The minimum atomic E-state index is -4.16. The van der Waals surface area contributed by atoms with Crippen LogP contribution >= 0.6 is 0 Å². The van der Waals surface area contributed by atoms with Crippen molar-refractivity contribution < 1.29 is 13.2 Å². The maximum atomic E-state index is 12.8. The van der Waals surface area contributed by atoms with Crippen molar-refractivity contribution in [3.63, 3.8) is 0 Å². The molecule has 2 nitrogen and oxygen atoms in total. The molecule has 0 amide bonds. The number of nitrogens with zero attached hydrogens (tertiary/aromatic N) is 1. The van der Waals surface area contributed by atoms with E-state index in [0.29, 0.717) is 31.8 Å². The molecule has 1 aliphatic heterocycles. The third-order valence-corrected chi connectivity index (χ3v) is 2.51. The van der Waals surface area contributed by atoms with E-state index in [1.807, 2.05) is 0 Å². The van der Waals surface area contributed by atoms with Crippen molar-refractivity contribution in [2.75, 3.05) is 26.2 Å². The Kier molecular flexibility index (Phi) is 4.16. The van der Waals surface area contributed by atoms with Gasteiger partial charge in [0.15, 0.2) is 0 Å². The molecule has 1 atom stereocenters. The fourth-order valence-electron chi connectivity index (χ4n) is 1.78. The van der Waals surface area contributed by atoms with Crippen molar-refractivity contribution in [2.24, 2.45) is 0 Å². The standard InChI is InChI=1S/C10H17F3N2/c1-8(2)7-9(10(11,12)13)15-5-3-14-4-6-15/h9,14H,1,3-7H2,2H3/t9-/m1/s1. The van der Waals surface area contributed by atoms with E-state index in [1.165, 1.54) is 4.90 Å². The molecule has 0 spiro atoms. The maximum absolute atomic E-state index is 12.8. The van der Waals surface area contributed by atoms with E-state index < -0.39 is 12.2 Å². The van der Waals surface area contributed by atoms with Gasteiger partial charge >= 0.3 is 6.18 Å². The van der Waals surface area contributed by atoms with Gasteiger partial charge in [-0.05, 0) is 13.3 Å². The van der Waals surface area contributed by atoms with Crippen LogP contribution in [-0.4, -0.2) is 43.3 Å². The van der Waals surface area contributed by atoms with Crippen molar-refractivity contribution in [1.82, 2.24) is 10.2 Å². The number of alkyl halides is 3. The molecule has 1 saturated heterocycles. The Morgan fingerprint density at radius 3 is 2.33 bits per heavy atom. The van der Waals surface area contributed by atoms with Crippen LogP contribution in [0.2, 0.25) is 0 Å². The Morgan fingerprint density at radius 1 is 1.40 bits per heavy atom. The number of nitrogens with one attached hydrogen (secondary N) is 1. The minimum absolute atomic E-state index is 0.00347. The van der Waals surface area contributed by atoms with Crippen LogP contribution < -0.4 is 5.32 Å². The Hall–Kier alpha value is -0.550. The summed E-state index contributed by atoms with van der Waals surface area (Å²) in [6, 6.07) is -1.36. The molecule has 1 aliphatic rings. The molecule has 1 heterocycles. The summed E-state index contributed by atoms with van der Waals surface area (Å²) < 4.78 is 38.3. The maximum Gasteiger partial charge on any atom is 0.404 e. The Balaban J connectivity index is 2.66. The zero-order valence-electron chi connectivity index (χ0n) is 8.90. The summed E-state index contributed by atoms with van der Waals surface area (Å²) in [4.78, 5) is 1.49. The quantitative estimate of drug-likeness (QED) is 0.732. The topological polar surface area (TPSA) is 15.3 Å². The molecule has 0 aromatic heterocycles. The van der Waals surface area contributed by atoms with Crippen molar-refractivity contribution in [1.29, 1.82) is 0 Å². The van der Waals surface area contributed by atoms with E-state index in [1.54, 1.807) is 6.92 Å². The van der Waals surface area contributed by atoms with E-state index in [4.69, 9.17) is 0 Å². The first-order valence-electron chi connectivity index (χ1n) is 5.07.